The molecule has 7 heteroatoms. The fraction of sp³-hybridized carbons (Fsp3) is 0.538. The first kappa shape index (κ1) is 15.9. The van der Waals surface area contributed by atoms with E-state index in [1.165, 1.54) is 6.07 Å². The minimum Gasteiger partial charge on any atom is -0.370 e. The first-order valence-electron chi connectivity index (χ1n) is 6.65. The van der Waals surface area contributed by atoms with Crippen molar-refractivity contribution in [3.8, 4) is 0 Å². The summed E-state index contributed by atoms with van der Waals surface area (Å²) in [6, 6.07) is 1.27. The monoisotopic (exact) mass is 280 g/mol. The van der Waals surface area contributed by atoms with Crippen molar-refractivity contribution in [2.24, 2.45) is 0 Å². The topological polar surface area (TPSA) is 88.4 Å². The van der Waals surface area contributed by atoms with Gasteiger partial charge in [-0.3, -0.25) is 14.9 Å². The molecule has 0 bridgehead atoms. The molecule has 0 aromatic carbocycles. The molecule has 0 saturated heterocycles. The van der Waals surface area contributed by atoms with Crippen LogP contribution in [0.1, 0.15) is 37.0 Å². The van der Waals surface area contributed by atoms with E-state index in [1.807, 2.05) is 13.8 Å². The summed E-state index contributed by atoms with van der Waals surface area (Å²) < 4.78 is 0. The average Bonchev–Trinajstić information content (AvgIpc) is 2.44. The Balaban J connectivity index is 3.07. The van der Waals surface area contributed by atoms with Gasteiger partial charge in [0.25, 0.3) is 11.6 Å². The van der Waals surface area contributed by atoms with E-state index in [-0.39, 0.29) is 17.2 Å². The van der Waals surface area contributed by atoms with E-state index in [2.05, 4.69) is 10.3 Å². The van der Waals surface area contributed by atoms with Crippen LogP contribution in [-0.2, 0) is 0 Å². The molecule has 0 spiro atoms. The highest BCUT2D eigenvalue weighted by Crippen LogP contribution is 2.20. The van der Waals surface area contributed by atoms with Gasteiger partial charge in [-0.2, -0.15) is 0 Å². The number of anilines is 1. The van der Waals surface area contributed by atoms with Crippen LogP contribution in [0.15, 0.2) is 12.3 Å². The number of nitro groups is 1. The van der Waals surface area contributed by atoms with Crippen LogP contribution in [0.3, 0.4) is 0 Å². The molecule has 0 unspecified atom stereocenters. The number of unbranched alkanes of at least 4 members (excludes halogenated alkanes) is 1. The first-order chi connectivity index (χ1) is 9.51. The maximum Gasteiger partial charge on any atom is 0.288 e. The van der Waals surface area contributed by atoms with Gasteiger partial charge in [0.1, 0.15) is 12.0 Å². The summed E-state index contributed by atoms with van der Waals surface area (Å²) in [7, 11) is 1.69. The molecular weight excluding hydrogens is 260 g/mol. The molecule has 0 fully saturated rings. The number of carbonyl (C=O) groups is 1. The summed E-state index contributed by atoms with van der Waals surface area (Å²) in [6.45, 7) is 5.11. The van der Waals surface area contributed by atoms with Crippen LogP contribution in [0.2, 0.25) is 0 Å². The number of rotatable bonds is 7. The lowest BCUT2D eigenvalue weighted by Gasteiger charge is -2.18. The van der Waals surface area contributed by atoms with E-state index < -0.39 is 4.92 Å². The van der Waals surface area contributed by atoms with Gasteiger partial charge in [0, 0.05) is 26.2 Å². The molecule has 110 valence electrons. The minimum atomic E-state index is -0.550. The summed E-state index contributed by atoms with van der Waals surface area (Å²) in [5.41, 5.74) is 0.0542. The van der Waals surface area contributed by atoms with Gasteiger partial charge in [0.15, 0.2) is 0 Å². The Labute approximate surface area is 118 Å². The molecule has 20 heavy (non-hydrogen) atoms. The van der Waals surface area contributed by atoms with Crippen LogP contribution in [-0.4, -0.2) is 40.9 Å². The van der Waals surface area contributed by atoms with E-state index in [0.29, 0.717) is 18.9 Å². The highest BCUT2D eigenvalue weighted by atomic mass is 16.6. The average molecular weight is 280 g/mol. The third kappa shape index (κ3) is 3.91. The van der Waals surface area contributed by atoms with Gasteiger partial charge in [-0.25, -0.2) is 4.98 Å². The molecule has 1 rings (SSSR count). The van der Waals surface area contributed by atoms with Crippen molar-refractivity contribution in [3.63, 3.8) is 0 Å². The molecule has 0 radical (unpaired) electrons. The Morgan fingerprint density at radius 2 is 2.20 bits per heavy atom. The standard InChI is InChI=1S/C13H20N4O3/c1-4-6-7-16(3)13(18)11-8-10(17(19)20)9-15-12(11)14-5-2/h8-9H,4-7H2,1-3H3,(H,14,15). The Hall–Kier alpha value is -2.18. The van der Waals surface area contributed by atoms with E-state index in [4.69, 9.17) is 0 Å². The highest BCUT2D eigenvalue weighted by molar-refractivity contribution is 5.99. The molecular formula is C13H20N4O3. The molecule has 0 saturated carbocycles. The maximum absolute atomic E-state index is 12.3. The summed E-state index contributed by atoms with van der Waals surface area (Å²) in [4.78, 5) is 28.1. The van der Waals surface area contributed by atoms with Crippen LogP contribution >= 0.6 is 0 Å². The van der Waals surface area contributed by atoms with Crippen molar-refractivity contribution in [3.05, 3.63) is 27.9 Å². The van der Waals surface area contributed by atoms with Crippen molar-refractivity contribution in [2.45, 2.75) is 26.7 Å². The summed E-state index contributed by atoms with van der Waals surface area (Å²) >= 11 is 0. The van der Waals surface area contributed by atoms with Crippen molar-refractivity contribution in [2.75, 3.05) is 25.5 Å². The van der Waals surface area contributed by atoms with Gasteiger partial charge in [0.05, 0.1) is 10.5 Å². The zero-order valence-electron chi connectivity index (χ0n) is 12.0. The molecule has 1 aromatic rings. The van der Waals surface area contributed by atoms with Gasteiger partial charge in [-0.1, -0.05) is 13.3 Å². The largest absolute Gasteiger partial charge is 0.370 e. The third-order valence-electron chi connectivity index (χ3n) is 2.85. The predicted octanol–water partition coefficient (Wildman–Crippen LogP) is 2.29. The number of nitrogens with zero attached hydrogens (tertiary/aromatic N) is 3. The molecule has 1 N–H and O–H groups in total. The second-order valence-corrected chi connectivity index (χ2v) is 4.46. The molecule has 1 amide bonds. The normalized spacial score (nSPS) is 10.2. The number of pyridine rings is 1. The summed E-state index contributed by atoms with van der Waals surface area (Å²) in [5, 5.41) is 13.8. The molecule has 1 heterocycles. The zero-order valence-corrected chi connectivity index (χ0v) is 12.0. The van der Waals surface area contributed by atoms with Gasteiger partial charge < -0.3 is 10.2 Å². The molecule has 0 aliphatic carbocycles. The Kier molecular flexibility index (Phi) is 5.89. The number of nitrogens with one attached hydrogen (secondary N) is 1. The highest BCUT2D eigenvalue weighted by Gasteiger charge is 2.20. The van der Waals surface area contributed by atoms with E-state index in [0.717, 1.165) is 19.0 Å². The Bertz CT molecular complexity index is 491. The molecule has 1 aromatic heterocycles. The molecule has 7 nitrogen and oxygen atoms in total. The second kappa shape index (κ2) is 7.42. The lowest BCUT2D eigenvalue weighted by atomic mass is 10.2. The predicted molar refractivity (Wildman–Crippen MR) is 76.9 cm³/mol. The first-order valence-corrected chi connectivity index (χ1v) is 6.65. The van der Waals surface area contributed by atoms with Gasteiger partial charge in [-0.15, -0.1) is 0 Å². The SMILES string of the molecule is CCCCN(C)C(=O)c1cc([N+](=O)[O-])cnc1NCC. The molecule has 0 aliphatic heterocycles. The van der Waals surface area contributed by atoms with Crippen LogP contribution in [0.4, 0.5) is 11.5 Å². The smallest absolute Gasteiger partial charge is 0.288 e. The van der Waals surface area contributed by atoms with Crippen molar-refractivity contribution in [1.29, 1.82) is 0 Å². The number of aromatic nitrogens is 1. The zero-order chi connectivity index (χ0) is 15.1. The maximum atomic E-state index is 12.3. The Morgan fingerprint density at radius 1 is 1.50 bits per heavy atom. The minimum absolute atomic E-state index is 0.182. The van der Waals surface area contributed by atoms with Crippen LogP contribution < -0.4 is 5.32 Å². The van der Waals surface area contributed by atoms with Gasteiger partial charge >= 0.3 is 0 Å². The van der Waals surface area contributed by atoms with Crippen LogP contribution in [0, 0.1) is 10.1 Å². The molecule has 0 atom stereocenters. The number of amides is 1. The Morgan fingerprint density at radius 3 is 2.75 bits per heavy atom. The number of carbonyl (C=O) groups excluding carboxylic acids is 1. The second-order valence-electron chi connectivity index (χ2n) is 4.46. The van der Waals surface area contributed by atoms with Crippen molar-refractivity contribution in [1.82, 2.24) is 9.88 Å². The summed E-state index contributed by atoms with van der Waals surface area (Å²) in [5.74, 6) is 0.122. The summed E-state index contributed by atoms with van der Waals surface area (Å²) in [6.07, 6.45) is 3.02. The van der Waals surface area contributed by atoms with E-state index >= 15 is 0 Å². The quantitative estimate of drug-likeness (QED) is 0.611. The van der Waals surface area contributed by atoms with Crippen molar-refractivity contribution < 1.29 is 9.72 Å². The van der Waals surface area contributed by atoms with E-state index in [9.17, 15) is 14.9 Å². The lowest BCUT2D eigenvalue weighted by molar-refractivity contribution is -0.385. The number of hydrogen-bond acceptors (Lipinski definition) is 5. The lowest BCUT2D eigenvalue weighted by Crippen LogP contribution is -2.28. The van der Waals surface area contributed by atoms with Crippen molar-refractivity contribution >= 4 is 17.4 Å². The van der Waals surface area contributed by atoms with Gasteiger partial charge in [-0.05, 0) is 13.3 Å². The number of hydrogen-bond donors (Lipinski definition) is 1. The van der Waals surface area contributed by atoms with E-state index in [1.54, 1.807) is 11.9 Å². The third-order valence-corrected chi connectivity index (χ3v) is 2.85. The van der Waals surface area contributed by atoms with Crippen LogP contribution in [0.5, 0.6) is 0 Å². The molecule has 0 aliphatic rings. The fourth-order valence-electron chi connectivity index (χ4n) is 1.73. The fourth-order valence-corrected chi connectivity index (χ4v) is 1.73. The van der Waals surface area contributed by atoms with Crippen LogP contribution in [0.25, 0.3) is 0 Å². The van der Waals surface area contributed by atoms with Gasteiger partial charge in [0.2, 0.25) is 0 Å².